The highest BCUT2D eigenvalue weighted by Gasteiger charge is 2.05. The van der Waals surface area contributed by atoms with E-state index in [0.29, 0.717) is 12.1 Å². The number of nitrogens with zero attached hydrogens (tertiary/aromatic N) is 1. The number of benzene rings is 1. The highest BCUT2D eigenvalue weighted by atomic mass is 16.1. The van der Waals surface area contributed by atoms with Crippen molar-refractivity contribution in [1.29, 1.82) is 0 Å². The van der Waals surface area contributed by atoms with Gasteiger partial charge in [-0.2, -0.15) is 0 Å². The van der Waals surface area contributed by atoms with E-state index >= 15 is 0 Å². The van der Waals surface area contributed by atoms with E-state index in [1.165, 1.54) is 0 Å². The van der Waals surface area contributed by atoms with Crippen molar-refractivity contribution in [1.82, 2.24) is 10.3 Å². The van der Waals surface area contributed by atoms with Crippen LogP contribution in [0.4, 0.5) is 0 Å². The maximum absolute atomic E-state index is 11.6. The van der Waals surface area contributed by atoms with E-state index in [2.05, 4.69) is 16.9 Å². The van der Waals surface area contributed by atoms with E-state index < -0.39 is 0 Å². The molecule has 16 heavy (non-hydrogen) atoms. The van der Waals surface area contributed by atoms with Crippen LogP contribution in [0.2, 0.25) is 0 Å². The van der Waals surface area contributed by atoms with Gasteiger partial charge in [-0.3, -0.25) is 9.78 Å². The van der Waals surface area contributed by atoms with Gasteiger partial charge in [0.15, 0.2) is 0 Å². The number of pyridine rings is 1. The van der Waals surface area contributed by atoms with Gasteiger partial charge in [0.1, 0.15) is 0 Å². The first-order valence-electron chi connectivity index (χ1n) is 5.05. The molecule has 0 aliphatic heterocycles. The molecule has 0 spiro atoms. The molecule has 3 nitrogen and oxygen atoms in total. The Bertz CT molecular complexity index is 534. The van der Waals surface area contributed by atoms with Crippen molar-refractivity contribution in [2.24, 2.45) is 0 Å². The summed E-state index contributed by atoms with van der Waals surface area (Å²) in [7, 11) is 0. The average Bonchev–Trinajstić information content (AvgIpc) is 2.35. The number of hydrogen-bond donors (Lipinski definition) is 1. The lowest BCUT2D eigenvalue weighted by Gasteiger charge is -2.03. The summed E-state index contributed by atoms with van der Waals surface area (Å²) in [5, 5.41) is 3.68. The molecular formula is C13H12N2O. The second kappa shape index (κ2) is 4.57. The number of carbonyl (C=O) groups excluding carboxylic acids is 1. The molecule has 0 saturated carbocycles. The van der Waals surface area contributed by atoms with Crippen molar-refractivity contribution >= 4 is 16.8 Å². The normalized spacial score (nSPS) is 10.0. The monoisotopic (exact) mass is 212 g/mol. The fraction of sp³-hybridized carbons (Fsp3) is 0.0769. The summed E-state index contributed by atoms with van der Waals surface area (Å²) in [6.45, 7) is 4.01. The van der Waals surface area contributed by atoms with Crippen molar-refractivity contribution in [3.05, 3.63) is 54.7 Å². The van der Waals surface area contributed by atoms with E-state index in [9.17, 15) is 4.79 Å². The second-order valence-electron chi connectivity index (χ2n) is 3.42. The van der Waals surface area contributed by atoms with Crippen LogP contribution in [-0.4, -0.2) is 17.4 Å². The molecular weight excluding hydrogens is 200 g/mol. The Morgan fingerprint density at radius 1 is 1.44 bits per heavy atom. The molecule has 0 saturated heterocycles. The molecule has 0 radical (unpaired) electrons. The Morgan fingerprint density at radius 3 is 3.06 bits per heavy atom. The molecule has 1 heterocycles. The van der Waals surface area contributed by atoms with Crippen molar-refractivity contribution in [3.8, 4) is 0 Å². The molecule has 0 aliphatic carbocycles. The van der Waals surface area contributed by atoms with Crippen LogP contribution in [0, 0.1) is 0 Å². The molecule has 2 aromatic rings. The smallest absolute Gasteiger partial charge is 0.253 e. The minimum absolute atomic E-state index is 0.127. The Balaban J connectivity index is 2.32. The van der Waals surface area contributed by atoms with Crippen LogP contribution >= 0.6 is 0 Å². The van der Waals surface area contributed by atoms with Crippen LogP contribution in [0.15, 0.2) is 49.2 Å². The molecule has 1 N–H and O–H groups in total. The number of nitrogens with one attached hydrogen (secondary N) is 1. The third kappa shape index (κ3) is 2.08. The third-order valence-corrected chi connectivity index (χ3v) is 2.26. The summed E-state index contributed by atoms with van der Waals surface area (Å²) in [6.07, 6.45) is 3.23. The highest BCUT2D eigenvalue weighted by molar-refractivity contribution is 5.97. The predicted octanol–water partition coefficient (Wildman–Crippen LogP) is 2.15. The lowest BCUT2D eigenvalue weighted by molar-refractivity contribution is 0.0958. The first kappa shape index (κ1) is 10.4. The van der Waals surface area contributed by atoms with Gasteiger partial charge in [0.2, 0.25) is 0 Å². The van der Waals surface area contributed by atoms with Gasteiger partial charge in [-0.25, -0.2) is 0 Å². The molecule has 0 atom stereocenters. The number of hydrogen-bond acceptors (Lipinski definition) is 2. The Morgan fingerprint density at radius 2 is 2.25 bits per heavy atom. The number of rotatable bonds is 3. The Labute approximate surface area is 93.8 Å². The molecule has 0 bridgehead atoms. The summed E-state index contributed by atoms with van der Waals surface area (Å²) in [6, 6.07) is 9.54. The van der Waals surface area contributed by atoms with Crippen molar-refractivity contribution in [3.63, 3.8) is 0 Å². The van der Waals surface area contributed by atoms with Gasteiger partial charge in [-0.05, 0) is 12.1 Å². The molecule has 0 unspecified atom stereocenters. The minimum Gasteiger partial charge on any atom is -0.349 e. The quantitative estimate of drug-likeness (QED) is 0.792. The third-order valence-electron chi connectivity index (χ3n) is 2.26. The predicted molar refractivity (Wildman–Crippen MR) is 64.3 cm³/mol. The summed E-state index contributed by atoms with van der Waals surface area (Å²) in [5.74, 6) is -0.127. The summed E-state index contributed by atoms with van der Waals surface area (Å²) in [4.78, 5) is 15.9. The maximum Gasteiger partial charge on any atom is 0.253 e. The number of aromatic nitrogens is 1. The van der Waals surface area contributed by atoms with Gasteiger partial charge in [-0.15, -0.1) is 6.58 Å². The van der Waals surface area contributed by atoms with Gasteiger partial charge in [0.05, 0.1) is 11.1 Å². The number of para-hydroxylation sites is 1. The molecule has 0 fully saturated rings. The Kier molecular flexibility index (Phi) is 2.96. The number of amides is 1. The van der Waals surface area contributed by atoms with Crippen LogP contribution in [-0.2, 0) is 0 Å². The van der Waals surface area contributed by atoms with Gasteiger partial charge in [-0.1, -0.05) is 24.3 Å². The summed E-state index contributed by atoms with van der Waals surface area (Å²) >= 11 is 0. The standard InChI is InChI=1S/C13H12N2O/c1-2-7-14-13(16)11-8-10-5-3-4-6-12(10)15-9-11/h2-6,8-9H,1,7H2,(H,14,16). The lowest BCUT2D eigenvalue weighted by Crippen LogP contribution is -2.23. The van der Waals surface area contributed by atoms with Crippen LogP contribution in [0.5, 0.6) is 0 Å². The van der Waals surface area contributed by atoms with Gasteiger partial charge in [0, 0.05) is 18.1 Å². The highest BCUT2D eigenvalue weighted by Crippen LogP contribution is 2.12. The first-order valence-corrected chi connectivity index (χ1v) is 5.05. The molecule has 2 rings (SSSR count). The molecule has 1 amide bonds. The largest absolute Gasteiger partial charge is 0.349 e. The maximum atomic E-state index is 11.6. The van der Waals surface area contributed by atoms with Crippen molar-refractivity contribution < 1.29 is 4.79 Å². The SMILES string of the molecule is C=CCNC(=O)c1cnc2ccccc2c1. The zero-order valence-corrected chi connectivity index (χ0v) is 8.81. The molecule has 80 valence electrons. The van der Waals surface area contributed by atoms with Crippen molar-refractivity contribution in [2.75, 3.05) is 6.54 Å². The van der Waals surface area contributed by atoms with Gasteiger partial charge in [0.25, 0.3) is 5.91 Å². The summed E-state index contributed by atoms with van der Waals surface area (Å²) in [5.41, 5.74) is 1.46. The van der Waals surface area contributed by atoms with Crippen LogP contribution in [0.25, 0.3) is 10.9 Å². The fourth-order valence-electron chi connectivity index (χ4n) is 1.46. The lowest BCUT2D eigenvalue weighted by atomic mass is 10.1. The van der Waals surface area contributed by atoms with Crippen molar-refractivity contribution in [2.45, 2.75) is 0 Å². The van der Waals surface area contributed by atoms with Crippen LogP contribution < -0.4 is 5.32 Å². The number of carbonyl (C=O) groups is 1. The van der Waals surface area contributed by atoms with E-state index in [-0.39, 0.29) is 5.91 Å². The second-order valence-corrected chi connectivity index (χ2v) is 3.42. The fourth-order valence-corrected chi connectivity index (χ4v) is 1.46. The van der Waals surface area contributed by atoms with Gasteiger partial charge < -0.3 is 5.32 Å². The average molecular weight is 212 g/mol. The molecule has 3 heteroatoms. The van der Waals surface area contributed by atoms with Crippen LogP contribution in [0.1, 0.15) is 10.4 Å². The molecule has 1 aromatic carbocycles. The zero-order chi connectivity index (χ0) is 11.4. The molecule has 0 aliphatic rings. The topological polar surface area (TPSA) is 42.0 Å². The summed E-state index contributed by atoms with van der Waals surface area (Å²) < 4.78 is 0. The zero-order valence-electron chi connectivity index (χ0n) is 8.81. The van der Waals surface area contributed by atoms with E-state index in [0.717, 1.165) is 10.9 Å². The van der Waals surface area contributed by atoms with Crippen LogP contribution in [0.3, 0.4) is 0 Å². The van der Waals surface area contributed by atoms with E-state index in [4.69, 9.17) is 0 Å². The van der Waals surface area contributed by atoms with Gasteiger partial charge >= 0.3 is 0 Å². The Hall–Kier alpha value is -2.16. The number of fused-ring (bicyclic) bond motifs is 1. The minimum atomic E-state index is -0.127. The first-order chi connectivity index (χ1) is 7.81. The van der Waals surface area contributed by atoms with E-state index in [1.54, 1.807) is 12.3 Å². The van der Waals surface area contributed by atoms with E-state index in [1.807, 2.05) is 30.3 Å². The molecule has 1 aromatic heterocycles.